The third kappa shape index (κ3) is 3.75. The lowest BCUT2D eigenvalue weighted by Crippen LogP contribution is -2.28. The minimum absolute atomic E-state index is 0.0555. The Hall–Kier alpha value is -1.96. The Morgan fingerprint density at radius 1 is 1.12 bits per heavy atom. The molecule has 3 aromatic rings. The number of thiazole rings is 1. The minimum Gasteiger partial charge on any atom is -0.299 e. The van der Waals surface area contributed by atoms with Gasteiger partial charge in [-0.05, 0) is 36.6 Å². The fraction of sp³-hybridized carbons (Fsp3) is 0.316. The summed E-state index contributed by atoms with van der Waals surface area (Å²) in [5.74, 6) is 0. The Morgan fingerprint density at radius 2 is 1.85 bits per heavy atom. The van der Waals surface area contributed by atoms with Crippen molar-refractivity contribution in [1.82, 2.24) is 9.29 Å². The van der Waals surface area contributed by atoms with E-state index in [1.54, 1.807) is 22.8 Å². The van der Waals surface area contributed by atoms with Crippen LogP contribution in [0.5, 0.6) is 0 Å². The second-order valence-corrected chi connectivity index (χ2v) is 8.85. The molecule has 5 nitrogen and oxygen atoms in total. The monoisotopic (exact) mass is 390 g/mol. The van der Waals surface area contributed by atoms with Crippen molar-refractivity contribution >= 4 is 31.6 Å². The van der Waals surface area contributed by atoms with E-state index in [9.17, 15) is 13.2 Å². The largest absolute Gasteiger partial charge is 0.308 e. The first-order chi connectivity index (χ1) is 12.5. The van der Waals surface area contributed by atoms with Crippen molar-refractivity contribution in [2.24, 2.45) is 0 Å². The Kier molecular flexibility index (Phi) is 5.60. The summed E-state index contributed by atoms with van der Waals surface area (Å²) in [4.78, 5) is 12.2. The highest BCUT2D eigenvalue weighted by molar-refractivity contribution is 7.89. The van der Waals surface area contributed by atoms with E-state index in [1.807, 2.05) is 44.2 Å². The van der Waals surface area contributed by atoms with Crippen LogP contribution < -0.4 is 9.60 Å². The molecule has 0 aliphatic carbocycles. The molecule has 2 aromatic carbocycles. The number of hydrogen-bond donors (Lipinski definition) is 1. The highest BCUT2D eigenvalue weighted by Gasteiger charge is 2.21. The summed E-state index contributed by atoms with van der Waals surface area (Å²) in [5.41, 5.74) is 1.72. The molecular weight excluding hydrogens is 368 g/mol. The highest BCUT2D eigenvalue weighted by Crippen LogP contribution is 2.24. The van der Waals surface area contributed by atoms with Gasteiger partial charge in [-0.2, -0.15) is 0 Å². The number of hydrogen-bond acceptors (Lipinski definition) is 4. The van der Waals surface area contributed by atoms with E-state index in [2.05, 4.69) is 4.72 Å². The van der Waals surface area contributed by atoms with Gasteiger partial charge in [0.2, 0.25) is 10.0 Å². The average Bonchev–Trinajstić information content (AvgIpc) is 2.95. The number of nitrogens with zero attached hydrogens (tertiary/aromatic N) is 1. The van der Waals surface area contributed by atoms with Crippen molar-refractivity contribution in [3.8, 4) is 0 Å². The molecule has 0 radical (unpaired) electrons. The first-order valence-corrected chi connectivity index (χ1v) is 11.0. The first-order valence-electron chi connectivity index (χ1n) is 8.67. The van der Waals surface area contributed by atoms with Gasteiger partial charge in [0, 0.05) is 12.6 Å². The SMILES string of the molecule is CCCn1c(=O)sc2cc(S(=O)(=O)N[C@H](CC)c3ccccc3)ccc21. The topological polar surface area (TPSA) is 68.2 Å². The number of aromatic nitrogens is 1. The molecule has 0 aliphatic heterocycles. The molecule has 1 aromatic heterocycles. The third-order valence-electron chi connectivity index (χ3n) is 4.30. The van der Waals surface area contributed by atoms with Crippen molar-refractivity contribution in [3.63, 3.8) is 0 Å². The van der Waals surface area contributed by atoms with Crippen LogP contribution in [-0.4, -0.2) is 13.0 Å². The van der Waals surface area contributed by atoms with E-state index < -0.39 is 10.0 Å². The van der Waals surface area contributed by atoms with Crippen LogP contribution in [0.25, 0.3) is 10.2 Å². The predicted molar refractivity (Wildman–Crippen MR) is 106 cm³/mol. The molecule has 1 heterocycles. The molecule has 0 fully saturated rings. The molecule has 0 saturated heterocycles. The van der Waals surface area contributed by atoms with E-state index in [1.165, 1.54) is 0 Å². The minimum atomic E-state index is -3.68. The fourth-order valence-electron chi connectivity index (χ4n) is 2.98. The maximum absolute atomic E-state index is 12.8. The van der Waals surface area contributed by atoms with Crippen LogP contribution >= 0.6 is 11.3 Å². The van der Waals surface area contributed by atoms with E-state index in [0.29, 0.717) is 17.7 Å². The molecule has 0 spiro atoms. The van der Waals surface area contributed by atoms with Crippen molar-refractivity contribution < 1.29 is 8.42 Å². The van der Waals surface area contributed by atoms with E-state index in [0.717, 1.165) is 28.8 Å². The summed E-state index contributed by atoms with van der Waals surface area (Å²) in [5, 5.41) is 0. The van der Waals surface area contributed by atoms with E-state index >= 15 is 0 Å². The molecule has 0 amide bonds. The summed E-state index contributed by atoms with van der Waals surface area (Å²) >= 11 is 1.09. The molecular formula is C19H22N2O3S2. The Balaban J connectivity index is 1.95. The van der Waals surface area contributed by atoms with Crippen LogP contribution in [0.15, 0.2) is 58.2 Å². The molecule has 26 heavy (non-hydrogen) atoms. The zero-order chi connectivity index (χ0) is 18.7. The van der Waals surface area contributed by atoms with E-state index in [4.69, 9.17) is 0 Å². The zero-order valence-corrected chi connectivity index (χ0v) is 16.4. The summed E-state index contributed by atoms with van der Waals surface area (Å²) in [6.45, 7) is 4.59. The molecule has 0 saturated carbocycles. The van der Waals surface area contributed by atoms with Crippen LogP contribution in [0.1, 0.15) is 38.3 Å². The van der Waals surface area contributed by atoms with Gasteiger partial charge in [0.25, 0.3) is 0 Å². The Morgan fingerprint density at radius 3 is 2.50 bits per heavy atom. The Labute approximate surface area is 157 Å². The normalized spacial score (nSPS) is 13.2. The maximum atomic E-state index is 12.8. The second kappa shape index (κ2) is 7.73. The molecule has 0 aliphatic rings. The van der Waals surface area contributed by atoms with Gasteiger partial charge in [-0.25, -0.2) is 13.1 Å². The number of aryl methyl sites for hydroxylation is 1. The summed E-state index contributed by atoms with van der Waals surface area (Å²) in [6.07, 6.45) is 1.49. The predicted octanol–water partition coefficient (Wildman–Crippen LogP) is 3.90. The summed E-state index contributed by atoms with van der Waals surface area (Å²) in [6, 6.07) is 14.1. The zero-order valence-electron chi connectivity index (χ0n) is 14.8. The van der Waals surface area contributed by atoms with Crippen molar-refractivity contribution in [3.05, 3.63) is 63.8 Å². The van der Waals surface area contributed by atoms with Gasteiger partial charge < -0.3 is 0 Å². The highest BCUT2D eigenvalue weighted by atomic mass is 32.2. The molecule has 7 heteroatoms. The average molecular weight is 391 g/mol. The summed E-state index contributed by atoms with van der Waals surface area (Å²) in [7, 11) is -3.68. The third-order valence-corrected chi connectivity index (χ3v) is 6.72. The molecule has 1 atom stereocenters. The van der Waals surface area contributed by atoms with Gasteiger partial charge in [-0.3, -0.25) is 9.36 Å². The van der Waals surface area contributed by atoms with E-state index in [-0.39, 0.29) is 15.8 Å². The van der Waals surface area contributed by atoms with Crippen molar-refractivity contribution in [2.75, 3.05) is 0 Å². The van der Waals surface area contributed by atoms with Crippen LogP contribution in [0, 0.1) is 0 Å². The molecule has 138 valence electrons. The van der Waals surface area contributed by atoms with Crippen LogP contribution in [-0.2, 0) is 16.6 Å². The lowest BCUT2D eigenvalue weighted by molar-refractivity contribution is 0.550. The van der Waals surface area contributed by atoms with Gasteiger partial charge in [0.1, 0.15) is 0 Å². The number of benzene rings is 2. The second-order valence-electron chi connectivity index (χ2n) is 6.14. The number of rotatable bonds is 7. The van der Waals surface area contributed by atoms with Gasteiger partial charge in [0.05, 0.1) is 15.1 Å². The van der Waals surface area contributed by atoms with Crippen molar-refractivity contribution in [2.45, 2.75) is 44.2 Å². The standard InChI is InChI=1S/C19H22N2O3S2/c1-3-12-21-17-11-10-15(13-18(17)25-19(21)22)26(23,24)20-16(4-2)14-8-6-5-7-9-14/h5-11,13,16,20H,3-4,12H2,1-2H3/t16-/m1/s1. The molecule has 0 unspecified atom stereocenters. The van der Waals surface area contributed by atoms with Crippen LogP contribution in [0.4, 0.5) is 0 Å². The number of fused-ring (bicyclic) bond motifs is 1. The molecule has 0 bridgehead atoms. The smallest absolute Gasteiger partial charge is 0.299 e. The lowest BCUT2D eigenvalue weighted by Gasteiger charge is -2.17. The van der Waals surface area contributed by atoms with Crippen molar-refractivity contribution in [1.29, 1.82) is 0 Å². The Bertz CT molecular complexity index is 1050. The first kappa shape index (κ1) is 18.8. The van der Waals surface area contributed by atoms with Gasteiger partial charge >= 0.3 is 4.87 Å². The van der Waals surface area contributed by atoms with Gasteiger partial charge in [0.15, 0.2) is 0 Å². The van der Waals surface area contributed by atoms with Gasteiger partial charge in [-0.15, -0.1) is 0 Å². The number of sulfonamides is 1. The van der Waals surface area contributed by atoms with Crippen LogP contribution in [0.2, 0.25) is 0 Å². The molecule has 3 rings (SSSR count). The maximum Gasteiger partial charge on any atom is 0.308 e. The summed E-state index contributed by atoms with van der Waals surface area (Å²) < 4.78 is 30.9. The lowest BCUT2D eigenvalue weighted by atomic mass is 10.1. The fourth-order valence-corrected chi connectivity index (χ4v) is 5.34. The van der Waals surface area contributed by atoms with Gasteiger partial charge in [-0.1, -0.05) is 55.5 Å². The van der Waals surface area contributed by atoms with Crippen LogP contribution in [0.3, 0.4) is 0 Å². The quantitative estimate of drug-likeness (QED) is 0.665. The number of nitrogens with one attached hydrogen (secondary N) is 1. The molecule has 1 N–H and O–H groups in total.